The highest BCUT2D eigenvalue weighted by Crippen LogP contribution is 2.23. The molecule has 1 aliphatic rings. The number of nitrogens with one attached hydrogen (secondary N) is 1. The molecule has 1 aliphatic carbocycles. The number of nitrogens with zero attached hydrogens (tertiary/aromatic N) is 1. The highest BCUT2D eigenvalue weighted by atomic mass is 16.2. The van der Waals surface area contributed by atoms with E-state index in [-0.39, 0.29) is 5.91 Å². The molecule has 0 saturated heterocycles. The van der Waals surface area contributed by atoms with Crippen molar-refractivity contribution >= 4 is 17.5 Å². The topological polar surface area (TPSA) is 75.4 Å². The largest absolute Gasteiger partial charge is 0.366 e. The molecule has 124 valence electrons. The van der Waals surface area contributed by atoms with E-state index in [0.717, 1.165) is 24.8 Å². The normalized spacial score (nSPS) is 14.5. The molecule has 0 bridgehead atoms. The lowest BCUT2D eigenvalue weighted by Crippen LogP contribution is -2.19. The molecule has 1 aromatic carbocycles. The van der Waals surface area contributed by atoms with E-state index >= 15 is 0 Å². The van der Waals surface area contributed by atoms with Gasteiger partial charge in [-0.2, -0.15) is 0 Å². The van der Waals surface area contributed by atoms with Crippen molar-refractivity contribution in [3.63, 3.8) is 0 Å². The van der Waals surface area contributed by atoms with Gasteiger partial charge in [0.05, 0.1) is 0 Å². The first-order chi connectivity index (χ1) is 11.0. The molecule has 0 spiro atoms. The third-order valence-electron chi connectivity index (χ3n) is 3.93. The van der Waals surface area contributed by atoms with Crippen LogP contribution >= 0.6 is 0 Å². The summed E-state index contributed by atoms with van der Waals surface area (Å²) in [5, 5.41) is 2.94. The molecular formula is C18H25N3O2. The summed E-state index contributed by atoms with van der Waals surface area (Å²) in [5.41, 5.74) is 8.58. The number of amides is 2. The fourth-order valence-corrected chi connectivity index (χ4v) is 2.79. The van der Waals surface area contributed by atoms with Gasteiger partial charge in [0.15, 0.2) is 0 Å². The van der Waals surface area contributed by atoms with E-state index in [1.54, 1.807) is 12.1 Å². The summed E-state index contributed by atoms with van der Waals surface area (Å²) >= 11 is 0. The van der Waals surface area contributed by atoms with E-state index in [9.17, 15) is 9.59 Å². The molecule has 1 aromatic rings. The van der Waals surface area contributed by atoms with E-state index in [1.807, 2.05) is 25.1 Å². The van der Waals surface area contributed by atoms with Crippen molar-refractivity contribution in [3.05, 3.63) is 41.0 Å². The minimum Gasteiger partial charge on any atom is -0.366 e. The number of hydrogen-bond acceptors (Lipinski definition) is 3. The molecule has 5 nitrogen and oxygen atoms in total. The summed E-state index contributed by atoms with van der Waals surface area (Å²) in [5.74, 6) is -0.535. The molecule has 2 amide bonds. The SMILES string of the molecule is CN(C)Cc1ccc(C(N)=O)cc1NC(=O)CC1=CCCCC1. The van der Waals surface area contributed by atoms with Gasteiger partial charge in [-0.05, 0) is 57.5 Å². The molecule has 23 heavy (non-hydrogen) atoms. The van der Waals surface area contributed by atoms with Crippen molar-refractivity contribution in [2.45, 2.75) is 38.6 Å². The number of anilines is 1. The summed E-state index contributed by atoms with van der Waals surface area (Å²) in [6, 6.07) is 5.20. The summed E-state index contributed by atoms with van der Waals surface area (Å²) in [6.07, 6.45) is 7.01. The van der Waals surface area contributed by atoms with Crippen LogP contribution in [0, 0.1) is 0 Å². The van der Waals surface area contributed by atoms with E-state index < -0.39 is 5.91 Å². The Morgan fingerprint density at radius 1 is 1.26 bits per heavy atom. The lowest BCUT2D eigenvalue weighted by molar-refractivity contribution is -0.115. The minimum absolute atomic E-state index is 0.0419. The molecular weight excluding hydrogens is 290 g/mol. The zero-order chi connectivity index (χ0) is 16.8. The maximum Gasteiger partial charge on any atom is 0.248 e. The first-order valence-corrected chi connectivity index (χ1v) is 8.01. The number of allylic oxidation sites excluding steroid dienone is 1. The van der Waals surface area contributed by atoms with Gasteiger partial charge in [0, 0.05) is 24.2 Å². The van der Waals surface area contributed by atoms with Crippen LogP contribution in [0.3, 0.4) is 0 Å². The monoisotopic (exact) mass is 315 g/mol. The van der Waals surface area contributed by atoms with E-state index in [2.05, 4.69) is 11.4 Å². The van der Waals surface area contributed by atoms with Crippen LogP contribution in [0.2, 0.25) is 0 Å². The number of hydrogen-bond donors (Lipinski definition) is 2. The lowest BCUT2D eigenvalue weighted by Gasteiger charge is -2.17. The summed E-state index contributed by atoms with van der Waals surface area (Å²) in [4.78, 5) is 25.7. The number of nitrogens with two attached hydrogens (primary N) is 1. The molecule has 0 saturated carbocycles. The second kappa shape index (κ2) is 7.92. The van der Waals surface area contributed by atoms with Gasteiger partial charge in [0.1, 0.15) is 0 Å². The number of carbonyl (C=O) groups is 2. The Morgan fingerprint density at radius 2 is 2.04 bits per heavy atom. The highest BCUT2D eigenvalue weighted by Gasteiger charge is 2.13. The number of carbonyl (C=O) groups excluding carboxylic acids is 2. The zero-order valence-electron chi connectivity index (χ0n) is 13.9. The van der Waals surface area contributed by atoms with Crippen LogP contribution in [0.1, 0.15) is 48.0 Å². The predicted molar refractivity (Wildman–Crippen MR) is 92.1 cm³/mol. The second-order valence-corrected chi connectivity index (χ2v) is 6.31. The predicted octanol–water partition coefficient (Wildman–Crippen LogP) is 2.68. The molecule has 5 heteroatoms. The van der Waals surface area contributed by atoms with Crippen LogP contribution < -0.4 is 11.1 Å². The molecule has 0 atom stereocenters. The van der Waals surface area contributed by atoms with Crippen molar-refractivity contribution in [1.82, 2.24) is 4.90 Å². The fourth-order valence-electron chi connectivity index (χ4n) is 2.79. The Bertz CT molecular complexity index is 621. The third kappa shape index (κ3) is 5.21. The average molecular weight is 315 g/mol. The van der Waals surface area contributed by atoms with Crippen LogP contribution in [0.4, 0.5) is 5.69 Å². The smallest absolute Gasteiger partial charge is 0.248 e. The quantitative estimate of drug-likeness (QED) is 0.793. The maximum atomic E-state index is 12.3. The Morgan fingerprint density at radius 3 is 2.65 bits per heavy atom. The van der Waals surface area contributed by atoms with Gasteiger partial charge in [0.2, 0.25) is 11.8 Å². The van der Waals surface area contributed by atoms with Gasteiger partial charge >= 0.3 is 0 Å². The molecule has 0 unspecified atom stereocenters. The first kappa shape index (κ1) is 17.2. The standard InChI is InChI=1S/C18H25N3O2/c1-21(2)12-15-9-8-14(18(19)23)11-16(15)20-17(22)10-13-6-4-3-5-7-13/h6,8-9,11H,3-5,7,10,12H2,1-2H3,(H2,19,23)(H,20,22). The van der Waals surface area contributed by atoms with Gasteiger partial charge < -0.3 is 16.0 Å². The molecule has 0 fully saturated rings. The van der Waals surface area contributed by atoms with Crippen LogP contribution in [0.25, 0.3) is 0 Å². The van der Waals surface area contributed by atoms with Crippen molar-refractivity contribution in [3.8, 4) is 0 Å². The van der Waals surface area contributed by atoms with Crippen molar-refractivity contribution < 1.29 is 9.59 Å². The summed E-state index contributed by atoms with van der Waals surface area (Å²) in [7, 11) is 3.92. The van der Waals surface area contributed by atoms with E-state index in [0.29, 0.717) is 24.2 Å². The van der Waals surface area contributed by atoms with Crippen molar-refractivity contribution in [2.24, 2.45) is 5.73 Å². The second-order valence-electron chi connectivity index (χ2n) is 6.31. The molecule has 2 rings (SSSR count). The summed E-state index contributed by atoms with van der Waals surface area (Å²) < 4.78 is 0. The third-order valence-corrected chi connectivity index (χ3v) is 3.93. The van der Waals surface area contributed by atoms with Crippen LogP contribution in [0.5, 0.6) is 0 Å². The van der Waals surface area contributed by atoms with Gasteiger partial charge in [-0.3, -0.25) is 9.59 Å². The molecule has 0 radical (unpaired) electrons. The maximum absolute atomic E-state index is 12.3. The molecule has 0 heterocycles. The average Bonchev–Trinajstić information content (AvgIpc) is 2.49. The van der Waals surface area contributed by atoms with E-state index in [1.165, 1.54) is 12.0 Å². The minimum atomic E-state index is -0.494. The van der Waals surface area contributed by atoms with Gasteiger partial charge in [0.25, 0.3) is 0 Å². The molecule has 3 N–H and O–H groups in total. The summed E-state index contributed by atoms with van der Waals surface area (Å²) in [6.45, 7) is 0.678. The molecule has 0 aliphatic heterocycles. The first-order valence-electron chi connectivity index (χ1n) is 8.01. The van der Waals surface area contributed by atoms with Gasteiger partial charge in [-0.25, -0.2) is 0 Å². The van der Waals surface area contributed by atoms with Crippen molar-refractivity contribution in [1.29, 1.82) is 0 Å². The highest BCUT2D eigenvalue weighted by molar-refractivity contribution is 5.97. The van der Waals surface area contributed by atoms with Crippen LogP contribution in [-0.4, -0.2) is 30.8 Å². The van der Waals surface area contributed by atoms with Gasteiger partial charge in [-0.1, -0.05) is 17.7 Å². The number of benzene rings is 1. The fraction of sp³-hybridized carbons (Fsp3) is 0.444. The van der Waals surface area contributed by atoms with E-state index in [4.69, 9.17) is 5.73 Å². The number of rotatable bonds is 6. The Labute approximate surface area is 137 Å². The Hall–Kier alpha value is -2.14. The van der Waals surface area contributed by atoms with Crippen molar-refractivity contribution in [2.75, 3.05) is 19.4 Å². The number of primary amides is 1. The van der Waals surface area contributed by atoms with Crippen LogP contribution in [0.15, 0.2) is 29.8 Å². The molecule has 0 aromatic heterocycles. The Balaban J connectivity index is 2.14. The zero-order valence-corrected chi connectivity index (χ0v) is 13.9. The van der Waals surface area contributed by atoms with Crippen LogP contribution in [-0.2, 0) is 11.3 Å². The van der Waals surface area contributed by atoms with Gasteiger partial charge in [-0.15, -0.1) is 0 Å². The lowest BCUT2D eigenvalue weighted by atomic mass is 9.97. The Kier molecular flexibility index (Phi) is 5.93.